The Morgan fingerprint density at radius 1 is 1.07 bits per heavy atom. The fourth-order valence-corrected chi connectivity index (χ4v) is 3.40. The molecule has 0 radical (unpaired) electrons. The lowest BCUT2D eigenvalue weighted by Crippen LogP contribution is -2.24. The second-order valence-corrected chi connectivity index (χ2v) is 6.78. The van der Waals surface area contributed by atoms with Gasteiger partial charge in [0.2, 0.25) is 5.91 Å². The summed E-state index contributed by atoms with van der Waals surface area (Å²) in [5, 5.41) is 4.05. The predicted octanol–water partition coefficient (Wildman–Crippen LogP) is 3.42. The molecule has 9 heteroatoms. The number of nitrogens with zero attached hydrogens (tertiary/aromatic N) is 3. The molecule has 1 aliphatic heterocycles. The number of aromatic nitrogens is 2. The van der Waals surface area contributed by atoms with Crippen molar-refractivity contribution in [2.75, 3.05) is 32.8 Å². The fourth-order valence-electron chi connectivity index (χ4n) is 3.40. The zero-order chi connectivity index (χ0) is 21.3. The van der Waals surface area contributed by atoms with Gasteiger partial charge in [0, 0.05) is 42.3 Å². The van der Waals surface area contributed by atoms with E-state index in [1.807, 2.05) is 0 Å². The minimum atomic E-state index is -0.528. The molecule has 1 saturated heterocycles. The molecule has 30 heavy (non-hydrogen) atoms. The second-order valence-electron chi connectivity index (χ2n) is 6.78. The van der Waals surface area contributed by atoms with E-state index in [2.05, 4.69) is 10.1 Å². The van der Waals surface area contributed by atoms with Crippen molar-refractivity contribution in [1.82, 2.24) is 10.1 Å². The van der Waals surface area contributed by atoms with Crippen molar-refractivity contribution < 1.29 is 27.9 Å². The molecular formula is C21H20FN3O5. The summed E-state index contributed by atoms with van der Waals surface area (Å²) in [4.78, 5) is 18.5. The fraction of sp³-hybridized carbons (Fsp3) is 0.286. The lowest BCUT2D eigenvalue weighted by molar-refractivity contribution is -0.117. The molecule has 0 bridgehead atoms. The van der Waals surface area contributed by atoms with E-state index in [1.54, 1.807) is 38.5 Å². The van der Waals surface area contributed by atoms with E-state index in [9.17, 15) is 9.18 Å². The second kappa shape index (κ2) is 8.02. The maximum Gasteiger partial charge on any atom is 0.258 e. The molecule has 2 heterocycles. The highest BCUT2D eigenvalue weighted by Gasteiger charge is 2.35. The van der Waals surface area contributed by atoms with Gasteiger partial charge >= 0.3 is 0 Å². The van der Waals surface area contributed by atoms with Gasteiger partial charge in [-0.2, -0.15) is 4.98 Å². The number of ether oxygens (including phenoxy) is 3. The molecule has 3 aromatic rings. The molecule has 1 aliphatic rings. The Morgan fingerprint density at radius 3 is 2.43 bits per heavy atom. The first kappa shape index (κ1) is 19.7. The molecule has 2 aromatic carbocycles. The highest BCUT2D eigenvalue weighted by molar-refractivity contribution is 5.96. The van der Waals surface area contributed by atoms with E-state index in [0.29, 0.717) is 41.0 Å². The number of halogens is 1. The number of methoxy groups -OCH3 is 3. The molecule has 1 aromatic heterocycles. The molecule has 156 valence electrons. The van der Waals surface area contributed by atoms with Crippen molar-refractivity contribution >= 4 is 11.6 Å². The van der Waals surface area contributed by atoms with Crippen LogP contribution in [0.25, 0.3) is 11.5 Å². The molecule has 1 unspecified atom stereocenters. The van der Waals surface area contributed by atoms with E-state index < -0.39 is 5.82 Å². The molecule has 0 aliphatic carbocycles. The predicted molar refractivity (Wildman–Crippen MR) is 106 cm³/mol. The Kier molecular flexibility index (Phi) is 5.26. The first-order valence-corrected chi connectivity index (χ1v) is 9.23. The molecule has 0 saturated carbocycles. The number of carbonyl (C=O) groups is 1. The molecule has 0 N–H and O–H groups in total. The number of benzene rings is 2. The first-order chi connectivity index (χ1) is 14.5. The lowest BCUT2D eigenvalue weighted by atomic mass is 10.1. The van der Waals surface area contributed by atoms with Crippen LogP contribution in [0.4, 0.5) is 10.1 Å². The number of hydrogen-bond acceptors (Lipinski definition) is 7. The summed E-state index contributed by atoms with van der Waals surface area (Å²) in [6.45, 7) is 0.324. The van der Waals surface area contributed by atoms with Crippen LogP contribution in [-0.2, 0) is 4.79 Å². The normalized spacial score (nSPS) is 16.1. The summed E-state index contributed by atoms with van der Waals surface area (Å²) >= 11 is 0. The molecular weight excluding hydrogens is 393 g/mol. The number of carbonyl (C=O) groups excluding carboxylic acids is 1. The third kappa shape index (κ3) is 3.66. The van der Waals surface area contributed by atoms with Crippen LogP contribution in [0.5, 0.6) is 17.2 Å². The monoisotopic (exact) mass is 413 g/mol. The van der Waals surface area contributed by atoms with Crippen molar-refractivity contribution in [3.05, 3.63) is 48.0 Å². The van der Waals surface area contributed by atoms with Crippen LogP contribution in [-0.4, -0.2) is 43.9 Å². The summed E-state index contributed by atoms with van der Waals surface area (Å²) < 4.78 is 34.9. The van der Waals surface area contributed by atoms with Crippen LogP contribution >= 0.6 is 0 Å². The first-order valence-electron chi connectivity index (χ1n) is 9.23. The third-order valence-corrected chi connectivity index (χ3v) is 4.98. The SMILES string of the molecule is COc1cc(OC)cc(-c2nc(C3CC(=O)N(c4ccc(OC)c(F)c4)C3)no2)c1. The Hall–Kier alpha value is -3.62. The summed E-state index contributed by atoms with van der Waals surface area (Å²) in [6.07, 6.45) is 0.202. The van der Waals surface area contributed by atoms with Gasteiger partial charge in [0.15, 0.2) is 17.4 Å². The van der Waals surface area contributed by atoms with Crippen molar-refractivity contribution in [3.8, 4) is 28.7 Å². The summed E-state index contributed by atoms with van der Waals surface area (Å²) in [7, 11) is 4.50. The summed E-state index contributed by atoms with van der Waals surface area (Å²) in [6, 6.07) is 9.67. The summed E-state index contributed by atoms with van der Waals surface area (Å²) in [5.41, 5.74) is 1.10. The van der Waals surface area contributed by atoms with E-state index in [0.717, 1.165) is 0 Å². The molecule has 0 spiro atoms. The van der Waals surface area contributed by atoms with Crippen LogP contribution in [0.15, 0.2) is 40.9 Å². The highest BCUT2D eigenvalue weighted by atomic mass is 19.1. The highest BCUT2D eigenvalue weighted by Crippen LogP contribution is 2.34. The quantitative estimate of drug-likeness (QED) is 0.612. The Labute approximate surface area is 172 Å². The van der Waals surface area contributed by atoms with Crippen LogP contribution in [0.2, 0.25) is 0 Å². The van der Waals surface area contributed by atoms with Crippen LogP contribution in [0.3, 0.4) is 0 Å². The lowest BCUT2D eigenvalue weighted by Gasteiger charge is -2.16. The molecule has 1 amide bonds. The standard InChI is InChI=1S/C21H20FN3O5/c1-27-15-6-12(7-16(10-15)28-2)21-23-20(24-30-21)13-8-19(26)25(11-13)14-4-5-18(29-3)17(22)9-14/h4-7,9-10,13H,8,11H2,1-3H3. The maximum absolute atomic E-state index is 14.0. The average molecular weight is 413 g/mol. The topological polar surface area (TPSA) is 86.9 Å². The average Bonchev–Trinajstić information content (AvgIpc) is 3.40. The number of anilines is 1. The van der Waals surface area contributed by atoms with Crippen molar-refractivity contribution in [3.63, 3.8) is 0 Å². The van der Waals surface area contributed by atoms with Gasteiger partial charge in [0.1, 0.15) is 11.5 Å². The van der Waals surface area contributed by atoms with E-state index in [1.165, 1.54) is 24.1 Å². The minimum absolute atomic E-state index is 0.124. The van der Waals surface area contributed by atoms with Crippen molar-refractivity contribution in [2.24, 2.45) is 0 Å². The van der Waals surface area contributed by atoms with Crippen LogP contribution in [0, 0.1) is 5.82 Å². The largest absolute Gasteiger partial charge is 0.497 e. The van der Waals surface area contributed by atoms with Gasteiger partial charge in [0.25, 0.3) is 5.89 Å². The van der Waals surface area contributed by atoms with Gasteiger partial charge in [-0.15, -0.1) is 0 Å². The zero-order valence-corrected chi connectivity index (χ0v) is 16.7. The molecule has 1 fully saturated rings. The zero-order valence-electron chi connectivity index (χ0n) is 16.7. The van der Waals surface area contributed by atoms with E-state index in [-0.39, 0.29) is 24.0 Å². The maximum atomic E-state index is 14.0. The van der Waals surface area contributed by atoms with Gasteiger partial charge in [-0.25, -0.2) is 4.39 Å². The van der Waals surface area contributed by atoms with E-state index >= 15 is 0 Å². The summed E-state index contributed by atoms with van der Waals surface area (Å²) in [5.74, 6) is 1.08. The Balaban J connectivity index is 1.56. The number of rotatable bonds is 6. The van der Waals surface area contributed by atoms with Crippen molar-refractivity contribution in [1.29, 1.82) is 0 Å². The Bertz CT molecular complexity index is 1060. The van der Waals surface area contributed by atoms with Gasteiger partial charge in [-0.05, 0) is 24.3 Å². The van der Waals surface area contributed by atoms with Crippen LogP contribution in [0.1, 0.15) is 18.2 Å². The van der Waals surface area contributed by atoms with E-state index in [4.69, 9.17) is 18.7 Å². The number of amides is 1. The third-order valence-electron chi connectivity index (χ3n) is 4.98. The minimum Gasteiger partial charge on any atom is -0.497 e. The van der Waals surface area contributed by atoms with Crippen LogP contribution < -0.4 is 19.1 Å². The van der Waals surface area contributed by atoms with Gasteiger partial charge in [-0.1, -0.05) is 5.16 Å². The number of hydrogen-bond donors (Lipinski definition) is 0. The molecule has 4 rings (SSSR count). The van der Waals surface area contributed by atoms with Gasteiger partial charge in [-0.3, -0.25) is 4.79 Å². The molecule has 8 nitrogen and oxygen atoms in total. The van der Waals surface area contributed by atoms with Gasteiger partial charge < -0.3 is 23.6 Å². The smallest absolute Gasteiger partial charge is 0.258 e. The van der Waals surface area contributed by atoms with Crippen molar-refractivity contribution in [2.45, 2.75) is 12.3 Å². The Morgan fingerprint density at radius 2 is 1.80 bits per heavy atom. The molecule has 1 atom stereocenters. The van der Waals surface area contributed by atoms with Gasteiger partial charge in [0.05, 0.1) is 21.3 Å².